The predicted molar refractivity (Wildman–Crippen MR) is 85.1 cm³/mol. The van der Waals surface area contributed by atoms with Crippen LogP contribution < -0.4 is 5.32 Å². The third kappa shape index (κ3) is 3.07. The highest BCUT2D eigenvalue weighted by Crippen LogP contribution is 2.53. The van der Waals surface area contributed by atoms with E-state index in [1.165, 1.54) is 57.3 Å². The summed E-state index contributed by atoms with van der Waals surface area (Å²) in [4.78, 5) is 2.62. The Morgan fingerprint density at radius 1 is 1.15 bits per heavy atom. The highest BCUT2D eigenvalue weighted by molar-refractivity contribution is 5.33. The molecule has 2 heteroatoms. The van der Waals surface area contributed by atoms with Crippen molar-refractivity contribution in [1.82, 2.24) is 10.2 Å². The molecule has 1 aliphatic carbocycles. The first kappa shape index (κ1) is 14.1. The molecule has 0 spiro atoms. The van der Waals surface area contributed by atoms with Crippen molar-refractivity contribution in [2.24, 2.45) is 0 Å². The largest absolute Gasteiger partial charge is 0.309 e. The van der Waals surface area contributed by atoms with Gasteiger partial charge < -0.3 is 10.2 Å². The summed E-state index contributed by atoms with van der Waals surface area (Å²) in [7, 11) is 0. The normalized spacial score (nSPS) is 30.4. The highest BCUT2D eigenvalue weighted by Gasteiger charge is 2.52. The second kappa shape index (κ2) is 6.28. The van der Waals surface area contributed by atoms with Gasteiger partial charge in [0.25, 0.3) is 0 Å². The van der Waals surface area contributed by atoms with E-state index in [1.54, 1.807) is 0 Å². The minimum Gasteiger partial charge on any atom is -0.309 e. The Kier molecular flexibility index (Phi) is 4.42. The molecule has 0 amide bonds. The van der Waals surface area contributed by atoms with Crippen LogP contribution >= 0.6 is 0 Å². The Hall–Kier alpha value is -0.860. The van der Waals surface area contributed by atoms with Crippen LogP contribution in [0.25, 0.3) is 0 Å². The Balaban J connectivity index is 1.48. The maximum atomic E-state index is 3.87. The third-order valence-electron chi connectivity index (χ3n) is 5.26. The van der Waals surface area contributed by atoms with Crippen molar-refractivity contribution in [1.29, 1.82) is 0 Å². The van der Waals surface area contributed by atoms with Crippen LogP contribution in [0.5, 0.6) is 0 Å². The van der Waals surface area contributed by atoms with Crippen LogP contribution in [0, 0.1) is 0 Å². The summed E-state index contributed by atoms with van der Waals surface area (Å²) in [6, 6.07) is 11.0. The van der Waals surface area contributed by atoms with Crippen LogP contribution in [0.2, 0.25) is 0 Å². The molecule has 1 saturated heterocycles. The van der Waals surface area contributed by atoms with Crippen LogP contribution in [0.4, 0.5) is 0 Å². The molecule has 2 aliphatic rings. The van der Waals surface area contributed by atoms with E-state index in [1.807, 2.05) is 0 Å². The second-order valence-corrected chi connectivity index (χ2v) is 6.51. The molecule has 1 saturated carbocycles. The van der Waals surface area contributed by atoms with E-state index in [0.717, 1.165) is 12.5 Å². The van der Waals surface area contributed by atoms with E-state index in [9.17, 15) is 0 Å². The molecular weight excluding hydrogens is 244 g/mol. The summed E-state index contributed by atoms with van der Waals surface area (Å²) in [5.41, 5.74) is 1.90. The summed E-state index contributed by atoms with van der Waals surface area (Å²) < 4.78 is 0. The molecule has 0 radical (unpaired) electrons. The number of nitrogens with one attached hydrogen (secondary N) is 1. The summed E-state index contributed by atoms with van der Waals surface area (Å²) in [6.45, 7) is 7.32. The van der Waals surface area contributed by atoms with Crippen LogP contribution in [0.1, 0.15) is 50.5 Å². The maximum absolute atomic E-state index is 3.87. The van der Waals surface area contributed by atoms with Crippen molar-refractivity contribution in [2.75, 3.05) is 26.2 Å². The molecule has 1 N–H and O–H groups in total. The fraction of sp³-hybridized carbons (Fsp3) is 0.667. The van der Waals surface area contributed by atoms with Crippen LogP contribution in [0.15, 0.2) is 30.3 Å². The SMILES string of the molecule is CC[C@@]1(NCCN2CCCCC2)C[C@H]1c1ccccc1. The van der Waals surface area contributed by atoms with Crippen molar-refractivity contribution in [2.45, 2.75) is 50.5 Å². The average molecular weight is 272 g/mol. The molecule has 2 fully saturated rings. The van der Waals surface area contributed by atoms with Crippen molar-refractivity contribution < 1.29 is 0 Å². The van der Waals surface area contributed by atoms with Crippen LogP contribution in [0.3, 0.4) is 0 Å². The molecule has 1 heterocycles. The van der Waals surface area contributed by atoms with Gasteiger partial charge >= 0.3 is 0 Å². The smallest absolute Gasteiger partial charge is 0.0255 e. The van der Waals surface area contributed by atoms with Crippen molar-refractivity contribution in [3.05, 3.63) is 35.9 Å². The average Bonchev–Trinajstić information content (AvgIpc) is 3.24. The molecule has 1 aliphatic heterocycles. The molecule has 0 bridgehead atoms. The van der Waals surface area contributed by atoms with E-state index in [-0.39, 0.29) is 0 Å². The quantitative estimate of drug-likeness (QED) is 0.854. The van der Waals surface area contributed by atoms with Gasteiger partial charge in [-0.25, -0.2) is 0 Å². The Bertz CT molecular complexity index is 411. The minimum atomic E-state index is 0.386. The van der Waals surface area contributed by atoms with Gasteiger partial charge in [-0.05, 0) is 44.3 Å². The molecular formula is C18H28N2. The molecule has 3 rings (SSSR count). The number of hydrogen-bond donors (Lipinski definition) is 1. The number of piperidine rings is 1. The van der Waals surface area contributed by atoms with E-state index in [0.29, 0.717) is 5.54 Å². The molecule has 1 aromatic carbocycles. The lowest BCUT2D eigenvalue weighted by molar-refractivity contribution is 0.224. The number of benzene rings is 1. The van der Waals surface area contributed by atoms with E-state index < -0.39 is 0 Å². The number of hydrogen-bond acceptors (Lipinski definition) is 2. The van der Waals surface area contributed by atoms with Gasteiger partial charge in [0.1, 0.15) is 0 Å². The number of nitrogens with zero attached hydrogens (tertiary/aromatic N) is 1. The van der Waals surface area contributed by atoms with Crippen LogP contribution in [-0.2, 0) is 0 Å². The zero-order valence-corrected chi connectivity index (χ0v) is 12.8. The van der Waals surface area contributed by atoms with E-state index >= 15 is 0 Å². The number of likely N-dealkylation sites (tertiary alicyclic amines) is 1. The van der Waals surface area contributed by atoms with Gasteiger partial charge in [-0.3, -0.25) is 0 Å². The summed E-state index contributed by atoms with van der Waals surface area (Å²) in [5.74, 6) is 0.732. The lowest BCUT2D eigenvalue weighted by Crippen LogP contribution is -2.40. The molecule has 2 nitrogen and oxygen atoms in total. The molecule has 2 atom stereocenters. The summed E-state index contributed by atoms with van der Waals surface area (Å²) in [5, 5.41) is 3.87. The first-order valence-electron chi connectivity index (χ1n) is 8.36. The number of rotatable bonds is 6. The van der Waals surface area contributed by atoms with E-state index in [2.05, 4.69) is 47.5 Å². The van der Waals surface area contributed by atoms with E-state index in [4.69, 9.17) is 0 Å². The molecule has 110 valence electrons. The van der Waals surface area contributed by atoms with Crippen molar-refractivity contribution in [3.8, 4) is 0 Å². The monoisotopic (exact) mass is 272 g/mol. The van der Waals surface area contributed by atoms with Crippen molar-refractivity contribution >= 4 is 0 Å². The first-order chi connectivity index (χ1) is 9.84. The fourth-order valence-corrected chi connectivity index (χ4v) is 3.78. The standard InChI is InChI=1S/C18H28N2/c1-2-18(15-17(18)16-9-5-3-6-10-16)19-11-14-20-12-7-4-8-13-20/h3,5-6,9-10,17,19H,2,4,7-8,11-15H2,1H3/t17-,18+/m0/s1. The van der Waals surface area contributed by atoms with Gasteiger partial charge in [-0.15, -0.1) is 0 Å². The Morgan fingerprint density at radius 2 is 1.90 bits per heavy atom. The lowest BCUT2D eigenvalue weighted by atomic mass is 10.0. The highest BCUT2D eigenvalue weighted by atomic mass is 15.2. The molecule has 0 aromatic heterocycles. The summed E-state index contributed by atoms with van der Waals surface area (Å²) >= 11 is 0. The predicted octanol–water partition coefficient (Wildman–Crippen LogP) is 3.40. The van der Waals surface area contributed by atoms with Crippen LogP contribution in [-0.4, -0.2) is 36.6 Å². The molecule has 1 aromatic rings. The minimum absolute atomic E-state index is 0.386. The maximum Gasteiger partial charge on any atom is 0.0255 e. The molecule has 0 unspecified atom stereocenters. The van der Waals surface area contributed by atoms with Gasteiger partial charge in [-0.2, -0.15) is 0 Å². The lowest BCUT2D eigenvalue weighted by Gasteiger charge is -2.27. The van der Waals surface area contributed by atoms with Gasteiger partial charge in [-0.1, -0.05) is 43.7 Å². The topological polar surface area (TPSA) is 15.3 Å². The zero-order chi connectivity index (χ0) is 13.8. The zero-order valence-electron chi connectivity index (χ0n) is 12.8. The molecule has 20 heavy (non-hydrogen) atoms. The van der Waals surface area contributed by atoms with Gasteiger partial charge in [0, 0.05) is 24.5 Å². The van der Waals surface area contributed by atoms with Gasteiger partial charge in [0.2, 0.25) is 0 Å². The fourth-order valence-electron chi connectivity index (χ4n) is 3.78. The summed E-state index contributed by atoms with van der Waals surface area (Å²) in [6.07, 6.45) is 6.77. The Morgan fingerprint density at radius 3 is 2.60 bits per heavy atom. The van der Waals surface area contributed by atoms with Gasteiger partial charge in [0.05, 0.1) is 0 Å². The first-order valence-corrected chi connectivity index (χ1v) is 8.36. The van der Waals surface area contributed by atoms with Gasteiger partial charge in [0.15, 0.2) is 0 Å². The second-order valence-electron chi connectivity index (χ2n) is 6.51. The Labute approximate surface area is 123 Å². The third-order valence-corrected chi connectivity index (χ3v) is 5.26. The van der Waals surface area contributed by atoms with Crippen molar-refractivity contribution in [3.63, 3.8) is 0 Å².